The first-order valence-electron chi connectivity index (χ1n) is 8.57. The van der Waals surface area contributed by atoms with Crippen LogP contribution in [0.3, 0.4) is 0 Å². The number of amides is 1. The van der Waals surface area contributed by atoms with Crippen molar-refractivity contribution in [3.63, 3.8) is 0 Å². The lowest BCUT2D eigenvalue weighted by molar-refractivity contribution is 0.0941. The third-order valence-electron chi connectivity index (χ3n) is 4.14. The van der Waals surface area contributed by atoms with Crippen LogP contribution in [0.1, 0.15) is 28.9 Å². The Balaban J connectivity index is 1.88. The van der Waals surface area contributed by atoms with Crippen LogP contribution in [0.5, 0.6) is 0 Å². The monoisotopic (exact) mass is 414 g/mol. The zero-order valence-corrected chi connectivity index (χ0v) is 16.1. The molecule has 0 unspecified atom stereocenters. The minimum atomic E-state index is -4.34. The number of carbonyl (C=O) groups is 1. The Hall–Kier alpha value is -3.66. The second kappa shape index (κ2) is 8.15. The van der Waals surface area contributed by atoms with Crippen LogP contribution in [0.2, 0.25) is 0 Å². The number of aromatic nitrogens is 2. The number of benzene rings is 2. The fourth-order valence-corrected chi connectivity index (χ4v) is 3.75. The Bertz CT molecular complexity index is 1250. The maximum absolute atomic E-state index is 12.7. The summed E-state index contributed by atoms with van der Waals surface area (Å²) in [5, 5.41) is 2.81. The van der Waals surface area contributed by atoms with Crippen molar-refractivity contribution in [2.75, 3.05) is 4.72 Å². The van der Waals surface area contributed by atoms with Crippen LogP contribution in [0.4, 0.5) is 5.69 Å². The maximum atomic E-state index is 12.7. The summed E-state index contributed by atoms with van der Waals surface area (Å²) in [6.45, 7) is 1.81. The Labute approximate surface area is 165 Å². The topological polar surface area (TPSA) is 141 Å². The van der Waals surface area contributed by atoms with E-state index in [9.17, 15) is 22.8 Å². The standard InChI is InChI=1S/C19H18N4O5S/c1-12(13-7-3-2-4-8-13)21-17(24)14-9-5-6-10-15(14)23-29(27,28)16-11-20-19(26)22-18(16)25/h2-12,23H,1H3,(H,21,24)(H2,20,22,25,26)/t12-/m1/s1. The summed E-state index contributed by atoms with van der Waals surface area (Å²) in [5.74, 6) is -0.491. The first kappa shape index (κ1) is 20.1. The highest BCUT2D eigenvalue weighted by Crippen LogP contribution is 2.20. The molecule has 0 saturated carbocycles. The highest BCUT2D eigenvalue weighted by Gasteiger charge is 2.22. The van der Waals surface area contributed by atoms with Gasteiger partial charge in [-0.25, -0.2) is 13.2 Å². The van der Waals surface area contributed by atoms with Crippen molar-refractivity contribution in [2.45, 2.75) is 17.9 Å². The lowest BCUT2D eigenvalue weighted by Gasteiger charge is -2.16. The van der Waals surface area contributed by atoms with Crippen molar-refractivity contribution in [3.8, 4) is 0 Å². The number of sulfonamides is 1. The first-order chi connectivity index (χ1) is 13.8. The molecule has 0 spiro atoms. The predicted molar refractivity (Wildman–Crippen MR) is 107 cm³/mol. The van der Waals surface area contributed by atoms with E-state index in [4.69, 9.17) is 0 Å². The summed E-state index contributed by atoms with van der Waals surface area (Å²) >= 11 is 0. The molecule has 0 aliphatic heterocycles. The number of hydrogen-bond donors (Lipinski definition) is 4. The smallest absolute Gasteiger partial charge is 0.325 e. The van der Waals surface area contributed by atoms with E-state index in [0.717, 1.165) is 11.8 Å². The molecule has 1 atom stereocenters. The predicted octanol–water partition coefficient (Wildman–Crippen LogP) is 1.35. The number of para-hydroxylation sites is 1. The van der Waals surface area contributed by atoms with Crippen LogP contribution in [-0.4, -0.2) is 24.3 Å². The van der Waals surface area contributed by atoms with Crippen LogP contribution in [0, 0.1) is 0 Å². The van der Waals surface area contributed by atoms with Gasteiger partial charge in [0.1, 0.15) is 0 Å². The largest absolute Gasteiger partial charge is 0.345 e. The molecule has 0 aliphatic rings. The van der Waals surface area contributed by atoms with Gasteiger partial charge in [-0.2, -0.15) is 0 Å². The van der Waals surface area contributed by atoms with Gasteiger partial charge in [0.05, 0.1) is 17.3 Å². The average Bonchev–Trinajstić information content (AvgIpc) is 2.68. The summed E-state index contributed by atoms with van der Waals surface area (Å²) < 4.78 is 27.4. The van der Waals surface area contributed by atoms with Crippen LogP contribution in [0.25, 0.3) is 0 Å². The number of anilines is 1. The molecule has 10 heteroatoms. The molecule has 0 bridgehead atoms. The highest BCUT2D eigenvalue weighted by atomic mass is 32.2. The molecule has 2 aromatic carbocycles. The van der Waals surface area contributed by atoms with E-state index in [2.05, 4.69) is 15.0 Å². The van der Waals surface area contributed by atoms with Gasteiger partial charge in [0.2, 0.25) is 0 Å². The van der Waals surface area contributed by atoms with Crippen LogP contribution >= 0.6 is 0 Å². The van der Waals surface area contributed by atoms with E-state index in [1.165, 1.54) is 12.1 Å². The minimum absolute atomic E-state index is 0.00383. The molecule has 0 aliphatic carbocycles. The zero-order chi connectivity index (χ0) is 21.0. The maximum Gasteiger partial charge on any atom is 0.325 e. The second-order valence-corrected chi connectivity index (χ2v) is 7.84. The summed E-state index contributed by atoms with van der Waals surface area (Å²) in [6, 6.07) is 15.0. The van der Waals surface area contributed by atoms with Gasteiger partial charge < -0.3 is 10.3 Å². The van der Waals surface area contributed by atoms with E-state index in [0.29, 0.717) is 0 Å². The van der Waals surface area contributed by atoms with E-state index in [1.54, 1.807) is 19.1 Å². The van der Waals surface area contributed by atoms with E-state index < -0.39 is 32.1 Å². The number of nitrogens with one attached hydrogen (secondary N) is 4. The molecule has 0 radical (unpaired) electrons. The molecular formula is C19H18N4O5S. The van der Waals surface area contributed by atoms with Crippen LogP contribution in [-0.2, 0) is 10.0 Å². The Morgan fingerprint density at radius 3 is 2.34 bits per heavy atom. The number of hydrogen-bond acceptors (Lipinski definition) is 5. The van der Waals surface area contributed by atoms with Crippen molar-refractivity contribution >= 4 is 21.6 Å². The van der Waals surface area contributed by atoms with Gasteiger partial charge in [0, 0.05) is 6.20 Å². The molecule has 4 N–H and O–H groups in total. The number of carbonyl (C=O) groups excluding carboxylic acids is 1. The normalized spacial score (nSPS) is 12.2. The van der Waals surface area contributed by atoms with Crippen molar-refractivity contribution in [1.82, 2.24) is 15.3 Å². The second-order valence-electron chi connectivity index (χ2n) is 6.19. The third-order valence-corrected chi connectivity index (χ3v) is 5.51. The first-order valence-corrected chi connectivity index (χ1v) is 10.1. The summed E-state index contributed by atoms with van der Waals surface area (Å²) in [6.07, 6.45) is 0.795. The highest BCUT2D eigenvalue weighted by molar-refractivity contribution is 7.92. The van der Waals surface area contributed by atoms with Gasteiger partial charge in [-0.1, -0.05) is 42.5 Å². The molecule has 29 heavy (non-hydrogen) atoms. The Kier molecular flexibility index (Phi) is 5.64. The van der Waals surface area contributed by atoms with E-state index in [1.807, 2.05) is 35.3 Å². The minimum Gasteiger partial charge on any atom is -0.345 e. The summed E-state index contributed by atoms with van der Waals surface area (Å²) in [7, 11) is -4.34. The number of rotatable bonds is 6. The van der Waals surface area contributed by atoms with E-state index in [-0.39, 0.29) is 17.3 Å². The SMILES string of the molecule is C[C@@H](NC(=O)c1ccccc1NS(=O)(=O)c1c[nH]c(=O)[nH]c1=O)c1ccccc1. The molecule has 0 fully saturated rings. The fraction of sp³-hybridized carbons (Fsp3) is 0.105. The summed E-state index contributed by atoms with van der Waals surface area (Å²) in [4.78, 5) is 38.9. The van der Waals surface area contributed by atoms with Crippen LogP contribution in [0.15, 0.2) is 75.3 Å². The Morgan fingerprint density at radius 2 is 1.66 bits per heavy atom. The van der Waals surface area contributed by atoms with Gasteiger partial charge in [-0.3, -0.25) is 19.3 Å². The molecule has 1 aromatic heterocycles. The molecule has 1 amide bonds. The third kappa shape index (κ3) is 4.61. The lowest BCUT2D eigenvalue weighted by atomic mass is 10.1. The zero-order valence-electron chi connectivity index (χ0n) is 15.3. The molecule has 3 rings (SSSR count). The fourth-order valence-electron chi connectivity index (χ4n) is 2.67. The molecular weight excluding hydrogens is 396 g/mol. The Morgan fingerprint density at radius 1 is 1.00 bits per heavy atom. The molecule has 9 nitrogen and oxygen atoms in total. The lowest BCUT2D eigenvalue weighted by Crippen LogP contribution is -2.30. The van der Waals surface area contributed by atoms with Crippen molar-refractivity contribution in [2.24, 2.45) is 0 Å². The quantitative estimate of drug-likeness (QED) is 0.482. The summed E-state index contributed by atoms with van der Waals surface area (Å²) in [5.41, 5.74) is -0.932. The molecule has 0 saturated heterocycles. The van der Waals surface area contributed by atoms with Crippen molar-refractivity contribution in [1.29, 1.82) is 0 Å². The van der Waals surface area contributed by atoms with Gasteiger partial charge >= 0.3 is 5.69 Å². The molecule has 3 aromatic rings. The van der Waals surface area contributed by atoms with Crippen molar-refractivity contribution < 1.29 is 13.2 Å². The molecule has 1 heterocycles. The van der Waals surface area contributed by atoms with Gasteiger partial charge in [-0.15, -0.1) is 0 Å². The molecule has 150 valence electrons. The van der Waals surface area contributed by atoms with Gasteiger partial charge in [0.25, 0.3) is 21.5 Å². The van der Waals surface area contributed by atoms with Gasteiger partial charge in [-0.05, 0) is 24.6 Å². The van der Waals surface area contributed by atoms with Crippen LogP contribution < -0.4 is 21.3 Å². The van der Waals surface area contributed by atoms with Gasteiger partial charge in [0.15, 0.2) is 4.90 Å². The average molecular weight is 414 g/mol. The number of H-pyrrole nitrogens is 2. The van der Waals surface area contributed by atoms with Crippen molar-refractivity contribution in [3.05, 3.63) is 92.8 Å². The van der Waals surface area contributed by atoms with E-state index >= 15 is 0 Å². The number of aromatic amines is 2.